The molecule has 0 radical (unpaired) electrons. The lowest BCUT2D eigenvalue weighted by atomic mass is 9.85. The van der Waals surface area contributed by atoms with Crippen molar-refractivity contribution in [2.24, 2.45) is 0 Å². The number of phosphoric acid groups is 3. The summed E-state index contributed by atoms with van der Waals surface area (Å²) in [4.78, 5) is 61.5. The van der Waals surface area contributed by atoms with Gasteiger partial charge in [-0.1, -0.05) is 6.58 Å². The summed E-state index contributed by atoms with van der Waals surface area (Å²) >= 11 is 0. The molecule has 0 bridgehead atoms. The molecule has 0 aromatic carbocycles. The molecule has 2 fully saturated rings. The van der Waals surface area contributed by atoms with Crippen molar-refractivity contribution in [1.29, 1.82) is 0 Å². The minimum absolute atomic E-state index is 0.370. The quantitative estimate of drug-likeness (QED) is 0.136. The van der Waals surface area contributed by atoms with Gasteiger partial charge >= 0.3 is 29.2 Å². The normalized spacial score (nSPS) is 36.4. The molecule has 0 amide bonds. The predicted molar refractivity (Wildman–Crippen MR) is 104 cm³/mol. The molecule has 2 heterocycles. The number of fused-ring (bicyclic) bond motifs is 1. The number of hydrogen-bond acceptors (Lipinski definition) is 11. The van der Waals surface area contributed by atoms with Crippen molar-refractivity contribution in [2.45, 2.75) is 36.1 Å². The van der Waals surface area contributed by atoms with Gasteiger partial charge in [0.25, 0.3) is 5.56 Å². The van der Waals surface area contributed by atoms with E-state index in [1.807, 2.05) is 4.98 Å². The summed E-state index contributed by atoms with van der Waals surface area (Å²) in [5, 5.41) is 22.4. The SMILES string of the molecule is C=C(C)[C@]1(O)[C@H](n2ccc(=O)[nH]c2=O)O[C@]2(CF)C(OP(=O)(O)OP(=O)(O)OP(=O)(O)O)[C@]21O. The average molecular weight is 554 g/mol. The molecule has 3 unspecified atom stereocenters. The summed E-state index contributed by atoms with van der Waals surface area (Å²) in [6.07, 6.45) is -3.42. The highest BCUT2D eigenvalue weighted by molar-refractivity contribution is 7.66. The fourth-order valence-electron chi connectivity index (χ4n) is 3.81. The van der Waals surface area contributed by atoms with E-state index < -0.39 is 70.5 Å². The fraction of sp³-hybridized carbons (Fsp3) is 0.538. The lowest BCUT2D eigenvalue weighted by Crippen LogP contribution is -2.54. The van der Waals surface area contributed by atoms with Crippen LogP contribution in [-0.4, -0.2) is 68.9 Å². The van der Waals surface area contributed by atoms with E-state index in [9.17, 15) is 47.7 Å². The van der Waals surface area contributed by atoms with Gasteiger partial charge < -0.3 is 34.5 Å². The molecule has 1 aliphatic carbocycles. The van der Waals surface area contributed by atoms with Gasteiger partial charge in [-0.15, -0.1) is 0 Å². The Hall–Kier alpha value is -1.36. The molecule has 7 N–H and O–H groups in total. The van der Waals surface area contributed by atoms with Gasteiger partial charge in [-0.2, -0.15) is 8.62 Å². The number of aliphatic hydroxyl groups is 2. The Labute approximate surface area is 187 Å². The van der Waals surface area contributed by atoms with E-state index in [0.717, 1.165) is 19.2 Å². The molecule has 1 saturated carbocycles. The van der Waals surface area contributed by atoms with Crippen molar-refractivity contribution in [2.75, 3.05) is 6.67 Å². The van der Waals surface area contributed by atoms with Crippen LogP contribution in [0.5, 0.6) is 0 Å². The summed E-state index contributed by atoms with van der Waals surface area (Å²) in [6.45, 7) is 2.82. The first kappa shape index (κ1) is 27.2. The van der Waals surface area contributed by atoms with Crippen molar-refractivity contribution < 1.29 is 65.8 Å². The highest BCUT2D eigenvalue weighted by Gasteiger charge is 2.95. The summed E-state index contributed by atoms with van der Waals surface area (Å²) in [6, 6.07) is 0.837. The monoisotopic (exact) mass is 554 g/mol. The number of phosphoric ester groups is 1. The second kappa shape index (κ2) is 8.08. The van der Waals surface area contributed by atoms with Crippen LogP contribution in [0.2, 0.25) is 0 Å². The van der Waals surface area contributed by atoms with E-state index in [1.54, 1.807) is 0 Å². The minimum Gasteiger partial charge on any atom is -0.380 e. The number of nitrogens with zero attached hydrogens (tertiary/aromatic N) is 1. The molecule has 7 atom stereocenters. The van der Waals surface area contributed by atoms with Gasteiger partial charge in [-0.05, 0) is 12.5 Å². The third-order valence-corrected chi connectivity index (χ3v) is 9.04. The topological polar surface area (TPSA) is 264 Å². The smallest absolute Gasteiger partial charge is 0.380 e. The Morgan fingerprint density at radius 2 is 1.79 bits per heavy atom. The number of nitrogens with one attached hydrogen (secondary N) is 1. The van der Waals surface area contributed by atoms with Gasteiger partial charge in [-0.3, -0.25) is 18.9 Å². The third kappa shape index (κ3) is 4.14. The molecular formula is C13H18FN2O15P3. The van der Waals surface area contributed by atoms with Gasteiger partial charge in [0.1, 0.15) is 12.8 Å². The highest BCUT2D eigenvalue weighted by Crippen LogP contribution is 2.74. The van der Waals surface area contributed by atoms with Gasteiger partial charge in [0.15, 0.2) is 23.0 Å². The summed E-state index contributed by atoms with van der Waals surface area (Å²) < 4.78 is 66.1. The number of H-pyrrole nitrogens is 1. The molecule has 1 saturated heterocycles. The summed E-state index contributed by atoms with van der Waals surface area (Å²) in [7, 11) is -17.5. The predicted octanol–water partition coefficient (Wildman–Crippen LogP) is -1.46. The van der Waals surface area contributed by atoms with Gasteiger partial charge in [0.05, 0.1) is 0 Å². The maximum absolute atomic E-state index is 14.1. The minimum atomic E-state index is -5.95. The number of alkyl halides is 1. The Bertz CT molecular complexity index is 1290. The highest BCUT2D eigenvalue weighted by atomic mass is 31.3. The number of hydrogen-bond donors (Lipinski definition) is 7. The van der Waals surface area contributed by atoms with Crippen LogP contribution in [-0.2, 0) is 31.6 Å². The Balaban J connectivity index is 1.99. The molecular weight excluding hydrogens is 536 g/mol. The fourth-order valence-corrected chi connectivity index (χ4v) is 7.06. The zero-order chi connectivity index (χ0) is 26.1. The first-order valence-corrected chi connectivity index (χ1v) is 13.3. The first-order chi connectivity index (χ1) is 15.3. The molecule has 0 spiro atoms. The number of aromatic nitrogens is 2. The molecule has 1 aromatic heterocycles. The molecule has 2 aliphatic rings. The largest absolute Gasteiger partial charge is 0.490 e. The molecule has 192 valence electrons. The van der Waals surface area contributed by atoms with Crippen LogP contribution in [0.4, 0.5) is 4.39 Å². The Morgan fingerprint density at radius 3 is 2.26 bits per heavy atom. The second-order valence-corrected chi connectivity index (χ2v) is 11.8. The molecule has 1 aromatic rings. The van der Waals surface area contributed by atoms with Crippen molar-refractivity contribution in [1.82, 2.24) is 9.55 Å². The third-order valence-electron chi connectivity index (χ3n) is 5.23. The Morgan fingerprint density at radius 1 is 1.21 bits per heavy atom. The van der Waals surface area contributed by atoms with Gasteiger partial charge in [-0.25, -0.2) is 22.9 Å². The molecule has 17 nitrogen and oxygen atoms in total. The zero-order valence-electron chi connectivity index (χ0n) is 16.7. The van der Waals surface area contributed by atoms with Crippen LogP contribution in [0.15, 0.2) is 34.0 Å². The van der Waals surface area contributed by atoms with Crippen molar-refractivity contribution in [3.05, 3.63) is 45.3 Å². The van der Waals surface area contributed by atoms with Gasteiger partial charge in [0.2, 0.25) is 0 Å². The maximum atomic E-state index is 14.1. The standard InChI is InChI=1S/C13H18FN2O15P3/c1-6(2)12(19)9(16-4-3-7(17)15-10(16)18)28-11(5-14)8(13(11,12)20)29-33(24,25)31-34(26,27)30-32(21,22)23/h3-4,8-9,19-20H,1,5H2,2H3,(H,24,25)(H,26,27)(H,15,17,18)(H2,21,22,23)/t8?,9-,11-,12+,13+/m1/s1. The van der Waals surface area contributed by atoms with E-state index >= 15 is 0 Å². The molecule has 34 heavy (non-hydrogen) atoms. The lowest BCUT2D eigenvalue weighted by molar-refractivity contribution is -0.156. The summed E-state index contributed by atoms with van der Waals surface area (Å²) in [5.41, 5.74) is -10.8. The van der Waals surface area contributed by atoms with Crippen LogP contribution >= 0.6 is 23.5 Å². The van der Waals surface area contributed by atoms with Crippen LogP contribution < -0.4 is 11.2 Å². The average Bonchev–Trinajstić information content (AvgIpc) is 3.04. The van der Waals surface area contributed by atoms with Crippen LogP contribution in [0, 0.1) is 0 Å². The molecule has 3 rings (SSSR count). The number of ether oxygens (including phenoxy) is 1. The van der Waals surface area contributed by atoms with E-state index in [0.29, 0.717) is 4.57 Å². The van der Waals surface area contributed by atoms with E-state index in [4.69, 9.17) is 14.5 Å². The number of rotatable bonds is 9. The van der Waals surface area contributed by atoms with E-state index in [1.165, 1.54) is 0 Å². The molecule has 1 aliphatic heterocycles. The number of aromatic amines is 1. The van der Waals surface area contributed by atoms with E-state index in [-0.39, 0.29) is 5.57 Å². The van der Waals surface area contributed by atoms with Crippen LogP contribution in [0.25, 0.3) is 0 Å². The lowest BCUT2D eigenvalue weighted by Gasteiger charge is -2.36. The van der Waals surface area contributed by atoms with Crippen molar-refractivity contribution in [3.8, 4) is 0 Å². The second-order valence-electron chi connectivity index (χ2n) is 7.40. The van der Waals surface area contributed by atoms with Crippen LogP contribution in [0.3, 0.4) is 0 Å². The molecule has 21 heteroatoms. The van der Waals surface area contributed by atoms with Crippen molar-refractivity contribution in [3.63, 3.8) is 0 Å². The zero-order valence-corrected chi connectivity index (χ0v) is 19.4. The van der Waals surface area contributed by atoms with Crippen LogP contribution in [0.1, 0.15) is 13.2 Å². The summed E-state index contributed by atoms with van der Waals surface area (Å²) in [5.74, 6) is 0. The van der Waals surface area contributed by atoms with Crippen molar-refractivity contribution >= 4 is 23.5 Å². The maximum Gasteiger partial charge on any atom is 0.490 e. The number of halogens is 1. The van der Waals surface area contributed by atoms with E-state index in [2.05, 4.69) is 19.7 Å². The first-order valence-electron chi connectivity index (χ1n) is 8.74. The van der Waals surface area contributed by atoms with Gasteiger partial charge in [0, 0.05) is 12.3 Å². The Kier molecular flexibility index (Phi) is 6.47.